The molecule has 0 atom stereocenters. The number of hydrogen-bond donors (Lipinski definition) is 1. The Balaban J connectivity index is 1.81. The topological polar surface area (TPSA) is 32.3 Å². The molecule has 0 spiro atoms. The fourth-order valence-corrected chi connectivity index (χ4v) is 3.10. The zero-order chi connectivity index (χ0) is 16.3. The molecule has 1 N–H and O–H groups in total. The van der Waals surface area contributed by atoms with Crippen molar-refractivity contribution in [3.63, 3.8) is 0 Å². The highest BCUT2D eigenvalue weighted by Gasteiger charge is 2.34. The molecule has 3 heteroatoms. The molecule has 2 aromatic rings. The van der Waals surface area contributed by atoms with Gasteiger partial charge in [0.1, 0.15) is 0 Å². The second-order valence-electron chi connectivity index (χ2n) is 6.61. The lowest BCUT2D eigenvalue weighted by atomic mass is 9.82. The number of carbonyl (C=O) groups is 1. The third-order valence-electron chi connectivity index (χ3n) is 4.65. The molecular weight excluding hydrogens is 284 g/mol. The molecule has 2 aromatic carbocycles. The van der Waals surface area contributed by atoms with Gasteiger partial charge in [0.25, 0.3) is 0 Å². The highest BCUT2D eigenvalue weighted by molar-refractivity contribution is 5.87. The minimum absolute atomic E-state index is 0.214. The maximum absolute atomic E-state index is 12.9. The van der Waals surface area contributed by atoms with E-state index in [2.05, 4.69) is 41.7 Å². The summed E-state index contributed by atoms with van der Waals surface area (Å²) >= 11 is 0. The fraction of sp³-hybridized carbons (Fsp3) is 0.350. The molecule has 0 aromatic heterocycles. The van der Waals surface area contributed by atoms with Crippen LogP contribution in [-0.2, 0) is 10.2 Å². The summed E-state index contributed by atoms with van der Waals surface area (Å²) in [7, 11) is 0. The summed E-state index contributed by atoms with van der Waals surface area (Å²) in [5.74, 6) is 0.214. The SMILES string of the molecule is CC(C)(C(=O)N1CCNCC1)c1ccc(-c2ccccc2)cc1. The van der Waals surface area contributed by atoms with Gasteiger partial charge < -0.3 is 10.2 Å². The molecule has 0 aliphatic carbocycles. The van der Waals surface area contributed by atoms with Gasteiger partial charge in [-0.3, -0.25) is 4.79 Å². The van der Waals surface area contributed by atoms with Crippen LogP contribution in [0.15, 0.2) is 54.6 Å². The molecule has 3 rings (SSSR count). The van der Waals surface area contributed by atoms with Crippen LogP contribution < -0.4 is 5.32 Å². The summed E-state index contributed by atoms with van der Waals surface area (Å²) in [4.78, 5) is 14.8. The molecule has 120 valence electrons. The van der Waals surface area contributed by atoms with Crippen LogP contribution in [0.25, 0.3) is 11.1 Å². The van der Waals surface area contributed by atoms with Crippen molar-refractivity contribution < 1.29 is 4.79 Å². The number of amides is 1. The standard InChI is InChI=1S/C20H24N2O/c1-20(2,19(23)22-14-12-21-13-15-22)18-10-8-17(9-11-18)16-6-4-3-5-7-16/h3-11,21H,12-15H2,1-2H3. The second-order valence-corrected chi connectivity index (χ2v) is 6.61. The Bertz CT molecular complexity index is 656. The van der Waals surface area contributed by atoms with E-state index in [-0.39, 0.29) is 5.91 Å². The lowest BCUT2D eigenvalue weighted by Crippen LogP contribution is -2.51. The lowest BCUT2D eigenvalue weighted by Gasteiger charge is -2.35. The highest BCUT2D eigenvalue weighted by atomic mass is 16.2. The van der Waals surface area contributed by atoms with Crippen LogP contribution in [0.1, 0.15) is 19.4 Å². The number of benzene rings is 2. The molecular formula is C20H24N2O. The molecule has 1 aliphatic heterocycles. The minimum Gasteiger partial charge on any atom is -0.339 e. The highest BCUT2D eigenvalue weighted by Crippen LogP contribution is 2.28. The van der Waals surface area contributed by atoms with E-state index in [9.17, 15) is 4.79 Å². The van der Waals surface area contributed by atoms with E-state index in [0.717, 1.165) is 31.7 Å². The molecule has 1 saturated heterocycles. The maximum Gasteiger partial charge on any atom is 0.232 e. The second kappa shape index (κ2) is 6.55. The van der Waals surface area contributed by atoms with Crippen molar-refractivity contribution in [2.45, 2.75) is 19.3 Å². The van der Waals surface area contributed by atoms with Gasteiger partial charge >= 0.3 is 0 Å². The average Bonchev–Trinajstić information content (AvgIpc) is 2.62. The van der Waals surface area contributed by atoms with Crippen molar-refractivity contribution in [1.29, 1.82) is 0 Å². The summed E-state index contributed by atoms with van der Waals surface area (Å²) in [6.07, 6.45) is 0. The van der Waals surface area contributed by atoms with Gasteiger partial charge in [-0.1, -0.05) is 54.6 Å². The number of rotatable bonds is 3. The fourth-order valence-electron chi connectivity index (χ4n) is 3.10. The average molecular weight is 308 g/mol. The van der Waals surface area contributed by atoms with E-state index in [1.807, 2.05) is 36.9 Å². The Morgan fingerprint density at radius 3 is 2.09 bits per heavy atom. The van der Waals surface area contributed by atoms with E-state index in [0.29, 0.717) is 0 Å². The van der Waals surface area contributed by atoms with Crippen LogP contribution in [0, 0.1) is 0 Å². The third kappa shape index (κ3) is 3.30. The smallest absolute Gasteiger partial charge is 0.232 e. The lowest BCUT2D eigenvalue weighted by molar-refractivity contribution is -0.136. The minimum atomic E-state index is -0.493. The number of hydrogen-bond acceptors (Lipinski definition) is 2. The molecule has 3 nitrogen and oxygen atoms in total. The summed E-state index contributed by atoms with van der Waals surface area (Å²) < 4.78 is 0. The van der Waals surface area contributed by atoms with Gasteiger partial charge in [-0.15, -0.1) is 0 Å². The number of carbonyl (C=O) groups excluding carboxylic acids is 1. The van der Waals surface area contributed by atoms with Crippen molar-refractivity contribution in [1.82, 2.24) is 10.2 Å². The monoisotopic (exact) mass is 308 g/mol. The Labute approximate surface area is 138 Å². The van der Waals surface area contributed by atoms with E-state index in [1.165, 1.54) is 11.1 Å². The number of nitrogens with zero attached hydrogens (tertiary/aromatic N) is 1. The van der Waals surface area contributed by atoms with Gasteiger partial charge in [0.05, 0.1) is 5.41 Å². The molecule has 1 fully saturated rings. The van der Waals surface area contributed by atoms with E-state index >= 15 is 0 Å². The Morgan fingerprint density at radius 2 is 1.48 bits per heavy atom. The van der Waals surface area contributed by atoms with Crippen molar-refractivity contribution in [3.8, 4) is 11.1 Å². The van der Waals surface area contributed by atoms with Gasteiger partial charge in [0, 0.05) is 26.2 Å². The predicted octanol–water partition coefficient (Wildman–Crippen LogP) is 3.06. The Morgan fingerprint density at radius 1 is 0.913 bits per heavy atom. The third-order valence-corrected chi connectivity index (χ3v) is 4.65. The zero-order valence-corrected chi connectivity index (χ0v) is 13.9. The van der Waals surface area contributed by atoms with Gasteiger partial charge in [-0.05, 0) is 30.5 Å². The van der Waals surface area contributed by atoms with Crippen molar-refractivity contribution in [3.05, 3.63) is 60.2 Å². The predicted molar refractivity (Wildman–Crippen MR) is 94.4 cm³/mol. The van der Waals surface area contributed by atoms with Crippen LogP contribution in [0.5, 0.6) is 0 Å². The van der Waals surface area contributed by atoms with Crippen LogP contribution in [0.3, 0.4) is 0 Å². The molecule has 0 radical (unpaired) electrons. The summed E-state index contributed by atoms with van der Waals surface area (Å²) in [5.41, 5.74) is 2.96. The van der Waals surface area contributed by atoms with Crippen molar-refractivity contribution in [2.24, 2.45) is 0 Å². The molecule has 1 amide bonds. The van der Waals surface area contributed by atoms with Crippen molar-refractivity contribution in [2.75, 3.05) is 26.2 Å². The van der Waals surface area contributed by atoms with E-state index < -0.39 is 5.41 Å². The normalized spacial score (nSPS) is 15.5. The quantitative estimate of drug-likeness (QED) is 0.945. The van der Waals surface area contributed by atoms with E-state index in [1.54, 1.807) is 0 Å². The van der Waals surface area contributed by atoms with Gasteiger partial charge in [0.15, 0.2) is 0 Å². The maximum atomic E-state index is 12.9. The first-order valence-electron chi connectivity index (χ1n) is 8.25. The molecule has 1 heterocycles. The first-order valence-corrected chi connectivity index (χ1v) is 8.25. The molecule has 23 heavy (non-hydrogen) atoms. The first kappa shape index (κ1) is 15.8. The summed E-state index contributed by atoms with van der Waals surface area (Å²) in [5, 5.41) is 3.29. The van der Waals surface area contributed by atoms with Crippen LogP contribution in [0.2, 0.25) is 0 Å². The van der Waals surface area contributed by atoms with Gasteiger partial charge in [0.2, 0.25) is 5.91 Å². The molecule has 0 bridgehead atoms. The number of nitrogens with one attached hydrogen (secondary N) is 1. The summed E-state index contributed by atoms with van der Waals surface area (Å²) in [6, 6.07) is 18.7. The Kier molecular flexibility index (Phi) is 4.49. The molecule has 0 unspecified atom stereocenters. The van der Waals surface area contributed by atoms with Gasteiger partial charge in [-0.25, -0.2) is 0 Å². The van der Waals surface area contributed by atoms with Gasteiger partial charge in [-0.2, -0.15) is 0 Å². The Hall–Kier alpha value is -2.13. The molecule has 1 aliphatic rings. The largest absolute Gasteiger partial charge is 0.339 e. The summed E-state index contributed by atoms with van der Waals surface area (Å²) in [6.45, 7) is 7.40. The van der Waals surface area contributed by atoms with E-state index in [4.69, 9.17) is 0 Å². The van der Waals surface area contributed by atoms with Crippen LogP contribution in [-0.4, -0.2) is 37.0 Å². The van der Waals surface area contributed by atoms with Crippen LogP contribution >= 0.6 is 0 Å². The number of piperazine rings is 1. The molecule has 0 saturated carbocycles. The van der Waals surface area contributed by atoms with Crippen LogP contribution in [0.4, 0.5) is 0 Å². The van der Waals surface area contributed by atoms with Crippen molar-refractivity contribution >= 4 is 5.91 Å². The zero-order valence-electron chi connectivity index (χ0n) is 13.9. The first-order chi connectivity index (χ1) is 11.1.